The van der Waals surface area contributed by atoms with Gasteiger partial charge in [-0.1, -0.05) is 33.1 Å². The second-order valence-corrected chi connectivity index (χ2v) is 4.99. The van der Waals surface area contributed by atoms with Gasteiger partial charge >= 0.3 is 5.97 Å². The van der Waals surface area contributed by atoms with E-state index >= 15 is 0 Å². The molecule has 0 spiro atoms. The lowest BCUT2D eigenvalue weighted by Gasteiger charge is -2.18. The first-order chi connectivity index (χ1) is 7.47. The van der Waals surface area contributed by atoms with Gasteiger partial charge in [0.15, 0.2) is 0 Å². The highest BCUT2D eigenvalue weighted by Crippen LogP contribution is 2.09. The smallest absolute Gasteiger partial charge is 0.322 e. The Kier molecular flexibility index (Phi) is 8.26. The minimum absolute atomic E-state index is 0.186. The van der Waals surface area contributed by atoms with Crippen molar-refractivity contribution in [2.24, 2.45) is 5.92 Å². The molecule has 0 aromatic heterocycles. The third-order valence-electron chi connectivity index (χ3n) is 2.76. The van der Waals surface area contributed by atoms with Crippen molar-refractivity contribution in [2.45, 2.75) is 65.5 Å². The Morgan fingerprint density at radius 1 is 1.12 bits per heavy atom. The zero-order chi connectivity index (χ0) is 12.6. The summed E-state index contributed by atoms with van der Waals surface area (Å²) in [6.07, 6.45) is 4.91. The Bertz CT molecular complexity index is 192. The maximum Gasteiger partial charge on any atom is 0.322 e. The third-order valence-corrected chi connectivity index (χ3v) is 2.76. The summed E-state index contributed by atoms with van der Waals surface area (Å²) in [5.74, 6) is 0.603. The zero-order valence-electron chi connectivity index (χ0n) is 11.4. The summed E-state index contributed by atoms with van der Waals surface area (Å²) >= 11 is 0. The number of carbonyl (C=O) groups excluding carboxylic acids is 1. The van der Waals surface area contributed by atoms with E-state index in [4.69, 9.17) is 0 Å². The highest BCUT2D eigenvalue weighted by molar-refractivity contribution is 5.75. The lowest BCUT2D eigenvalue weighted by atomic mass is 10.0. The van der Waals surface area contributed by atoms with Crippen LogP contribution in [0.2, 0.25) is 0 Å². The predicted octanol–water partition coefficient (Wildman–Crippen LogP) is 2.74. The van der Waals surface area contributed by atoms with Gasteiger partial charge in [0, 0.05) is 6.04 Å². The van der Waals surface area contributed by atoms with Crippen LogP contribution in [0.5, 0.6) is 0 Å². The molecule has 2 atom stereocenters. The van der Waals surface area contributed by atoms with E-state index < -0.39 is 0 Å². The Hall–Kier alpha value is -0.570. The lowest BCUT2D eigenvalue weighted by molar-refractivity contribution is -0.142. The van der Waals surface area contributed by atoms with Gasteiger partial charge in [-0.15, -0.1) is 0 Å². The molecule has 0 amide bonds. The molecular formula is C13H27NO2. The van der Waals surface area contributed by atoms with Crippen molar-refractivity contribution >= 4 is 5.97 Å². The van der Waals surface area contributed by atoms with E-state index in [1.165, 1.54) is 26.4 Å². The van der Waals surface area contributed by atoms with E-state index in [2.05, 4.69) is 30.8 Å². The molecule has 0 fully saturated rings. The van der Waals surface area contributed by atoms with Crippen LogP contribution in [0.3, 0.4) is 0 Å². The molecule has 0 radical (unpaired) electrons. The molecule has 0 aromatic rings. The topological polar surface area (TPSA) is 38.3 Å². The highest BCUT2D eigenvalue weighted by Gasteiger charge is 2.14. The molecule has 0 aliphatic heterocycles. The summed E-state index contributed by atoms with van der Waals surface area (Å²) in [6.45, 7) is 8.47. The average Bonchev–Trinajstić information content (AvgIpc) is 2.22. The first-order valence-corrected chi connectivity index (χ1v) is 6.31. The molecule has 0 rings (SSSR count). The number of rotatable bonds is 8. The first-order valence-electron chi connectivity index (χ1n) is 6.31. The third kappa shape index (κ3) is 7.69. The van der Waals surface area contributed by atoms with Crippen LogP contribution >= 0.6 is 0 Å². The van der Waals surface area contributed by atoms with E-state index in [1.807, 2.05) is 6.92 Å². The summed E-state index contributed by atoms with van der Waals surface area (Å²) in [7, 11) is 1.42. The molecule has 0 heterocycles. The lowest BCUT2D eigenvalue weighted by Crippen LogP contribution is -2.40. The summed E-state index contributed by atoms with van der Waals surface area (Å²) in [5.41, 5.74) is 0. The van der Waals surface area contributed by atoms with Crippen LogP contribution in [0.4, 0.5) is 0 Å². The summed E-state index contributed by atoms with van der Waals surface area (Å²) in [5, 5.41) is 3.24. The van der Waals surface area contributed by atoms with Crippen molar-refractivity contribution in [1.82, 2.24) is 5.32 Å². The molecule has 16 heavy (non-hydrogen) atoms. The van der Waals surface area contributed by atoms with Crippen molar-refractivity contribution < 1.29 is 9.53 Å². The molecule has 0 aliphatic carbocycles. The van der Waals surface area contributed by atoms with Crippen LogP contribution < -0.4 is 5.32 Å². The fourth-order valence-electron chi connectivity index (χ4n) is 1.76. The normalized spacial score (nSPS) is 14.9. The monoisotopic (exact) mass is 229 g/mol. The van der Waals surface area contributed by atoms with Crippen LogP contribution in [-0.2, 0) is 9.53 Å². The number of esters is 1. The van der Waals surface area contributed by atoms with E-state index in [-0.39, 0.29) is 12.0 Å². The van der Waals surface area contributed by atoms with Crippen LogP contribution in [0, 0.1) is 5.92 Å². The molecule has 0 saturated heterocycles. The molecule has 0 saturated carbocycles. The average molecular weight is 229 g/mol. The minimum atomic E-state index is -0.204. The van der Waals surface area contributed by atoms with Crippen LogP contribution in [-0.4, -0.2) is 25.2 Å². The number of nitrogens with one attached hydrogen (secondary N) is 1. The second-order valence-electron chi connectivity index (χ2n) is 4.99. The summed E-state index contributed by atoms with van der Waals surface area (Å²) < 4.78 is 4.67. The molecule has 0 aromatic carbocycles. The van der Waals surface area contributed by atoms with Gasteiger partial charge < -0.3 is 10.1 Å². The maximum atomic E-state index is 11.2. The highest BCUT2D eigenvalue weighted by atomic mass is 16.5. The Labute approximate surface area is 99.9 Å². The molecule has 96 valence electrons. The second kappa shape index (κ2) is 8.57. The fourth-order valence-corrected chi connectivity index (χ4v) is 1.76. The van der Waals surface area contributed by atoms with Gasteiger partial charge in [-0.25, -0.2) is 0 Å². The van der Waals surface area contributed by atoms with Gasteiger partial charge in [0.1, 0.15) is 6.04 Å². The molecule has 3 nitrogen and oxygen atoms in total. The summed E-state index contributed by atoms with van der Waals surface area (Å²) in [6, 6.07) is 0.173. The van der Waals surface area contributed by atoms with Crippen LogP contribution in [0.1, 0.15) is 53.4 Å². The van der Waals surface area contributed by atoms with E-state index in [0.717, 1.165) is 12.3 Å². The van der Waals surface area contributed by atoms with E-state index in [9.17, 15) is 4.79 Å². The number of hydrogen-bond donors (Lipinski definition) is 1. The van der Waals surface area contributed by atoms with Gasteiger partial charge in [-0.3, -0.25) is 4.79 Å². The Morgan fingerprint density at radius 3 is 2.19 bits per heavy atom. The number of ether oxygens (including phenoxy) is 1. The van der Waals surface area contributed by atoms with Crippen LogP contribution in [0.25, 0.3) is 0 Å². The number of unbranched alkanes of at least 4 members (excludes halogenated alkanes) is 1. The molecule has 1 N–H and O–H groups in total. The number of carbonyl (C=O) groups is 1. The quantitative estimate of drug-likeness (QED) is 0.514. The van der Waals surface area contributed by atoms with Gasteiger partial charge in [0.05, 0.1) is 7.11 Å². The zero-order valence-corrected chi connectivity index (χ0v) is 11.4. The van der Waals surface area contributed by atoms with Crippen LogP contribution in [0.15, 0.2) is 0 Å². The van der Waals surface area contributed by atoms with Gasteiger partial charge in [0.2, 0.25) is 0 Å². The van der Waals surface area contributed by atoms with E-state index in [1.54, 1.807) is 0 Å². The fraction of sp³-hybridized carbons (Fsp3) is 0.923. The molecule has 3 heteroatoms. The number of methoxy groups -OCH3 is 1. The predicted molar refractivity (Wildman–Crippen MR) is 67.4 cm³/mol. The van der Waals surface area contributed by atoms with Gasteiger partial charge in [0.25, 0.3) is 0 Å². The van der Waals surface area contributed by atoms with Crippen molar-refractivity contribution in [3.8, 4) is 0 Å². The van der Waals surface area contributed by atoms with Gasteiger partial charge in [-0.2, -0.15) is 0 Å². The Morgan fingerprint density at radius 2 is 1.69 bits per heavy atom. The number of hydrogen-bond acceptors (Lipinski definition) is 3. The van der Waals surface area contributed by atoms with Crippen molar-refractivity contribution in [3.63, 3.8) is 0 Å². The van der Waals surface area contributed by atoms with E-state index in [0.29, 0.717) is 6.04 Å². The maximum absolute atomic E-state index is 11.2. The molecule has 0 bridgehead atoms. The largest absolute Gasteiger partial charge is 0.468 e. The first kappa shape index (κ1) is 15.4. The van der Waals surface area contributed by atoms with Gasteiger partial charge in [-0.05, 0) is 26.2 Å². The Balaban J connectivity index is 3.58. The van der Waals surface area contributed by atoms with Crippen molar-refractivity contribution in [3.05, 3.63) is 0 Å². The molecular weight excluding hydrogens is 202 g/mol. The van der Waals surface area contributed by atoms with Crippen molar-refractivity contribution in [1.29, 1.82) is 0 Å². The summed E-state index contributed by atoms with van der Waals surface area (Å²) in [4.78, 5) is 11.2. The molecule has 0 aliphatic rings. The standard InChI is InChI=1S/C13H27NO2/c1-10(2)8-6-7-9-11(3)14-12(4)13(15)16-5/h10-12,14H,6-9H2,1-5H3/t11?,12-/m1/s1. The van der Waals surface area contributed by atoms with Crippen molar-refractivity contribution in [2.75, 3.05) is 7.11 Å². The minimum Gasteiger partial charge on any atom is -0.468 e. The molecule has 1 unspecified atom stereocenters. The SMILES string of the molecule is COC(=O)[C@@H](C)NC(C)CCCCC(C)C.